The van der Waals surface area contributed by atoms with Crippen molar-refractivity contribution in [1.82, 2.24) is 9.88 Å². The van der Waals surface area contributed by atoms with Gasteiger partial charge in [0.25, 0.3) is 0 Å². The zero-order valence-electron chi connectivity index (χ0n) is 12.4. The number of hydrogen-bond donors (Lipinski definition) is 1. The lowest BCUT2D eigenvalue weighted by Gasteiger charge is -2.55. The molecule has 20 heavy (non-hydrogen) atoms. The van der Waals surface area contributed by atoms with Crippen LogP contribution in [0, 0.1) is 11.3 Å². The van der Waals surface area contributed by atoms with Gasteiger partial charge in [-0.2, -0.15) is 0 Å². The molecule has 2 bridgehead atoms. The summed E-state index contributed by atoms with van der Waals surface area (Å²) in [6.45, 7) is 7.84. The lowest BCUT2D eigenvalue weighted by molar-refractivity contribution is 0.0200. The van der Waals surface area contributed by atoms with Gasteiger partial charge in [0.2, 0.25) is 0 Å². The molecule has 2 atom stereocenters. The Bertz CT molecular complexity index is 550. The van der Waals surface area contributed by atoms with Gasteiger partial charge in [-0.05, 0) is 35.8 Å². The van der Waals surface area contributed by atoms with Crippen LogP contribution in [0.3, 0.4) is 0 Å². The summed E-state index contributed by atoms with van der Waals surface area (Å²) in [6, 6.07) is 4.15. The Morgan fingerprint density at radius 2 is 2.25 bits per heavy atom. The summed E-state index contributed by atoms with van der Waals surface area (Å²) < 4.78 is 0. The first-order chi connectivity index (χ1) is 9.33. The smallest absolute Gasteiger partial charge is 0.407 e. The van der Waals surface area contributed by atoms with Crippen molar-refractivity contribution in [3.05, 3.63) is 29.6 Å². The molecule has 1 aromatic rings. The molecule has 0 aromatic carbocycles. The highest BCUT2D eigenvalue weighted by Gasteiger charge is 2.53. The molecule has 1 N–H and O–H groups in total. The summed E-state index contributed by atoms with van der Waals surface area (Å²) in [6.07, 6.45) is 3.03. The molecule has 2 unspecified atom stereocenters. The van der Waals surface area contributed by atoms with Gasteiger partial charge >= 0.3 is 6.09 Å². The van der Waals surface area contributed by atoms with Crippen LogP contribution in [0.1, 0.15) is 38.4 Å². The quantitative estimate of drug-likeness (QED) is 0.791. The van der Waals surface area contributed by atoms with Crippen LogP contribution in [0.4, 0.5) is 4.79 Å². The van der Waals surface area contributed by atoms with Crippen molar-refractivity contribution in [3.8, 4) is 0 Å². The van der Waals surface area contributed by atoms with E-state index in [0.29, 0.717) is 19.0 Å². The van der Waals surface area contributed by atoms with Crippen molar-refractivity contribution in [2.45, 2.75) is 39.0 Å². The number of piperidine rings is 1. The number of fused-ring (bicyclic) bond motifs is 4. The van der Waals surface area contributed by atoms with E-state index < -0.39 is 6.09 Å². The molecule has 1 amide bonds. The van der Waals surface area contributed by atoms with Crippen molar-refractivity contribution in [3.63, 3.8) is 0 Å². The highest BCUT2D eigenvalue weighted by molar-refractivity contribution is 5.65. The van der Waals surface area contributed by atoms with Gasteiger partial charge in [-0.1, -0.05) is 26.8 Å². The van der Waals surface area contributed by atoms with Gasteiger partial charge in [0.15, 0.2) is 0 Å². The fourth-order valence-corrected chi connectivity index (χ4v) is 4.02. The van der Waals surface area contributed by atoms with Crippen molar-refractivity contribution < 1.29 is 9.90 Å². The predicted molar refractivity (Wildman–Crippen MR) is 76.8 cm³/mol. The van der Waals surface area contributed by atoms with Gasteiger partial charge in [-0.25, -0.2) is 4.79 Å². The number of hydrogen-bond acceptors (Lipinski definition) is 2. The second-order valence-corrected chi connectivity index (χ2v) is 7.28. The molecule has 2 aliphatic rings. The summed E-state index contributed by atoms with van der Waals surface area (Å²) in [5, 5.41) is 9.43. The van der Waals surface area contributed by atoms with Crippen LogP contribution < -0.4 is 0 Å². The maximum absolute atomic E-state index is 11.5. The van der Waals surface area contributed by atoms with E-state index in [-0.39, 0.29) is 10.8 Å². The van der Waals surface area contributed by atoms with E-state index in [4.69, 9.17) is 0 Å². The largest absolute Gasteiger partial charge is 0.465 e. The molecule has 3 rings (SSSR count). The van der Waals surface area contributed by atoms with Gasteiger partial charge in [0.05, 0.1) is 5.69 Å². The maximum Gasteiger partial charge on any atom is 0.407 e. The number of amides is 1. The molecule has 1 aromatic heterocycles. The molecule has 108 valence electrons. The first kappa shape index (κ1) is 13.4. The zero-order chi connectivity index (χ0) is 14.5. The Kier molecular flexibility index (Phi) is 2.82. The van der Waals surface area contributed by atoms with Crippen molar-refractivity contribution in [1.29, 1.82) is 0 Å². The van der Waals surface area contributed by atoms with Gasteiger partial charge in [0.1, 0.15) is 0 Å². The van der Waals surface area contributed by atoms with Crippen LogP contribution in [-0.2, 0) is 11.8 Å². The normalized spacial score (nSPS) is 28.9. The first-order valence-electron chi connectivity index (χ1n) is 7.26. The van der Waals surface area contributed by atoms with E-state index in [0.717, 1.165) is 18.5 Å². The summed E-state index contributed by atoms with van der Waals surface area (Å²) >= 11 is 0. The van der Waals surface area contributed by atoms with Crippen LogP contribution in [0.2, 0.25) is 0 Å². The van der Waals surface area contributed by atoms with Crippen LogP contribution in [-0.4, -0.2) is 34.2 Å². The Morgan fingerprint density at radius 3 is 2.90 bits per heavy atom. The third-order valence-electron chi connectivity index (χ3n) is 5.14. The molecule has 4 nitrogen and oxygen atoms in total. The average molecular weight is 274 g/mol. The molecule has 4 heteroatoms. The Morgan fingerprint density at radius 1 is 1.50 bits per heavy atom. The number of nitrogens with zero attached hydrogens (tertiary/aromatic N) is 2. The predicted octanol–water partition coefficient (Wildman–Crippen LogP) is 2.92. The third kappa shape index (κ3) is 1.81. The first-order valence-corrected chi connectivity index (χ1v) is 7.26. The number of aromatic nitrogens is 1. The van der Waals surface area contributed by atoms with Gasteiger partial charge < -0.3 is 10.0 Å². The summed E-state index contributed by atoms with van der Waals surface area (Å²) in [5.74, 6) is 0.413. The fraction of sp³-hybridized carbons (Fsp3) is 0.625. The fourth-order valence-electron chi connectivity index (χ4n) is 4.02. The zero-order valence-corrected chi connectivity index (χ0v) is 12.4. The van der Waals surface area contributed by atoms with Gasteiger partial charge in [-0.15, -0.1) is 0 Å². The lowest BCUT2D eigenvalue weighted by atomic mass is 9.55. The molecular formula is C16H22N2O2. The van der Waals surface area contributed by atoms with Crippen molar-refractivity contribution in [2.24, 2.45) is 11.3 Å². The lowest BCUT2D eigenvalue weighted by Crippen LogP contribution is -2.60. The van der Waals surface area contributed by atoms with Gasteiger partial charge in [0, 0.05) is 24.7 Å². The van der Waals surface area contributed by atoms with Crippen LogP contribution in [0.15, 0.2) is 18.3 Å². The number of likely N-dealkylation sites (tertiary alicyclic amines) is 1. The van der Waals surface area contributed by atoms with Crippen molar-refractivity contribution in [2.75, 3.05) is 13.1 Å². The van der Waals surface area contributed by atoms with Gasteiger partial charge in [-0.3, -0.25) is 4.98 Å². The summed E-state index contributed by atoms with van der Waals surface area (Å²) in [5.41, 5.74) is 2.25. The second kappa shape index (κ2) is 4.21. The average Bonchev–Trinajstić information content (AvgIpc) is 2.37. The van der Waals surface area contributed by atoms with E-state index in [2.05, 4.69) is 31.8 Å². The Labute approximate surface area is 119 Å². The standard InChI is InChI=1S/C16H22N2O2/c1-15(2,3)16-8-11(9-18(10-16)14(19)20)7-12-5-4-6-17-13(12)16/h4-6,11H,7-10H2,1-3H3,(H,19,20). The molecule has 0 radical (unpaired) electrons. The molecule has 2 heterocycles. The van der Waals surface area contributed by atoms with Crippen LogP contribution in [0.25, 0.3) is 0 Å². The monoisotopic (exact) mass is 274 g/mol. The topological polar surface area (TPSA) is 53.4 Å². The third-order valence-corrected chi connectivity index (χ3v) is 5.14. The Balaban J connectivity index is 2.16. The minimum Gasteiger partial charge on any atom is -0.465 e. The van der Waals surface area contributed by atoms with Crippen molar-refractivity contribution >= 4 is 6.09 Å². The SMILES string of the molecule is CC(C)(C)C12CC(Cc3cccnc31)CN(C(=O)O)C2. The van der Waals surface area contributed by atoms with E-state index in [1.54, 1.807) is 4.90 Å². The highest BCUT2D eigenvalue weighted by atomic mass is 16.4. The highest BCUT2D eigenvalue weighted by Crippen LogP contribution is 2.52. The summed E-state index contributed by atoms with van der Waals surface area (Å²) in [7, 11) is 0. The molecular weight excluding hydrogens is 252 g/mol. The molecule has 1 aliphatic heterocycles. The molecule has 0 spiro atoms. The molecule has 0 saturated carbocycles. The number of carboxylic acid groups (broad SMARTS) is 1. The van der Waals surface area contributed by atoms with E-state index in [1.807, 2.05) is 12.3 Å². The van der Waals surface area contributed by atoms with E-state index in [1.165, 1.54) is 5.56 Å². The van der Waals surface area contributed by atoms with Crippen LogP contribution >= 0.6 is 0 Å². The minimum absolute atomic E-state index is 0.0110. The van der Waals surface area contributed by atoms with E-state index >= 15 is 0 Å². The number of rotatable bonds is 0. The van der Waals surface area contributed by atoms with E-state index in [9.17, 15) is 9.90 Å². The second-order valence-electron chi connectivity index (χ2n) is 7.28. The summed E-state index contributed by atoms with van der Waals surface area (Å²) in [4.78, 5) is 17.7. The number of pyridine rings is 1. The molecule has 1 saturated heterocycles. The Hall–Kier alpha value is -1.58. The van der Waals surface area contributed by atoms with Crippen LogP contribution in [0.5, 0.6) is 0 Å². The molecule has 1 aliphatic carbocycles. The minimum atomic E-state index is -0.803. The molecule has 1 fully saturated rings. The maximum atomic E-state index is 11.5. The number of carbonyl (C=O) groups is 1.